The monoisotopic (exact) mass is 365 g/mol. The quantitative estimate of drug-likeness (QED) is 0.621. The molecule has 0 radical (unpaired) electrons. The molecule has 0 aliphatic carbocycles. The minimum absolute atomic E-state index is 0.539. The highest BCUT2D eigenvalue weighted by atomic mass is 32.2. The molecule has 132 valence electrons. The van der Waals surface area contributed by atoms with Gasteiger partial charge in [-0.15, -0.1) is 11.8 Å². The maximum atomic E-state index is 13.5. The van der Waals surface area contributed by atoms with Gasteiger partial charge in [0, 0.05) is 4.90 Å². The summed E-state index contributed by atoms with van der Waals surface area (Å²) >= 11 is 1.29. The highest BCUT2D eigenvalue weighted by Crippen LogP contribution is 2.24. The minimum Gasteiger partial charge on any atom is -0.452 e. The molecular formula is C18H17F2NO3S. The van der Waals surface area contributed by atoms with Crippen LogP contribution in [-0.2, 0) is 14.3 Å². The summed E-state index contributed by atoms with van der Waals surface area (Å²) in [7, 11) is 0. The topological polar surface area (TPSA) is 55.4 Å². The molecule has 1 N–H and O–H groups in total. The van der Waals surface area contributed by atoms with Gasteiger partial charge in [0.1, 0.15) is 22.6 Å². The number of hydrogen-bond donors (Lipinski definition) is 1. The Morgan fingerprint density at radius 2 is 1.60 bits per heavy atom. The number of nitrogens with one attached hydrogen (secondary N) is 1. The summed E-state index contributed by atoms with van der Waals surface area (Å²) in [5.41, 5.74) is -0.567. The van der Waals surface area contributed by atoms with Gasteiger partial charge >= 0.3 is 5.97 Å². The van der Waals surface area contributed by atoms with Crippen LogP contribution in [0, 0.1) is 11.6 Å². The van der Waals surface area contributed by atoms with Gasteiger partial charge in [-0.1, -0.05) is 24.3 Å². The number of anilines is 1. The normalized spacial score (nSPS) is 13.0. The molecule has 4 nitrogen and oxygen atoms in total. The third-order valence-corrected chi connectivity index (χ3v) is 4.35. The second kappa shape index (κ2) is 8.62. The van der Waals surface area contributed by atoms with E-state index in [-0.39, 0.29) is 0 Å². The van der Waals surface area contributed by atoms with Crippen molar-refractivity contribution < 1.29 is 23.1 Å². The van der Waals surface area contributed by atoms with E-state index in [1.165, 1.54) is 24.8 Å². The number of carbonyl (C=O) groups is 2. The molecule has 0 bridgehead atoms. The Morgan fingerprint density at radius 3 is 2.20 bits per heavy atom. The third-order valence-electron chi connectivity index (χ3n) is 3.26. The fourth-order valence-corrected chi connectivity index (χ4v) is 2.79. The first kappa shape index (κ1) is 18.9. The lowest BCUT2D eigenvalue weighted by Gasteiger charge is -2.17. The number of halogens is 2. The lowest BCUT2D eigenvalue weighted by atomic mass is 10.2. The van der Waals surface area contributed by atoms with Crippen LogP contribution in [-0.4, -0.2) is 23.2 Å². The van der Waals surface area contributed by atoms with E-state index in [0.717, 1.165) is 17.0 Å². The molecule has 0 unspecified atom stereocenters. The molecule has 0 aliphatic heterocycles. The van der Waals surface area contributed by atoms with Gasteiger partial charge in [0.2, 0.25) is 0 Å². The second-order valence-electron chi connectivity index (χ2n) is 5.24. The Labute approximate surface area is 148 Å². The number of para-hydroxylation sites is 1. The second-order valence-corrected chi connectivity index (χ2v) is 6.65. The van der Waals surface area contributed by atoms with Crippen molar-refractivity contribution in [3.8, 4) is 0 Å². The first-order valence-corrected chi connectivity index (χ1v) is 8.43. The molecule has 0 aromatic heterocycles. The number of amides is 1. The van der Waals surface area contributed by atoms with Crippen molar-refractivity contribution in [2.75, 3.05) is 5.32 Å². The molecule has 7 heteroatoms. The number of benzene rings is 2. The Bertz CT molecular complexity index is 735. The van der Waals surface area contributed by atoms with E-state index < -0.39 is 40.6 Å². The number of thioether (sulfide) groups is 1. The van der Waals surface area contributed by atoms with Crippen LogP contribution in [0.15, 0.2) is 53.4 Å². The molecule has 25 heavy (non-hydrogen) atoms. The van der Waals surface area contributed by atoms with Crippen molar-refractivity contribution in [1.29, 1.82) is 0 Å². The van der Waals surface area contributed by atoms with Gasteiger partial charge in [-0.2, -0.15) is 0 Å². The minimum atomic E-state index is -1.19. The van der Waals surface area contributed by atoms with E-state index in [0.29, 0.717) is 0 Å². The van der Waals surface area contributed by atoms with E-state index in [4.69, 9.17) is 4.74 Å². The maximum Gasteiger partial charge on any atom is 0.319 e. The highest BCUT2D eigenvalue weighted by molar-refractivity contribution is 8.00. The molecule has 0 fully saturated rings. The summed E-state index contributed by atoms with van der Waals surface area (Å²) in [5.74, 6) is -3.21. The van der Waals surface area contributed by atoms with E-state index in [2.05, 4.69) is 5.32 Å². The van der Waals surface area contributed by atoms with Crippen molar-refractivity contribution >= 4 is 29.3 Å². The molecule has 0 aliphatic rings. The number of esters is 1. The fourth-order valence-electron chi connectivity index (χ4n) is 1.92. The Balaban J connectivity index is 1.93. The highest BCUT2D eigenvalue weighted by Gasteiger charge is 2.24. The molecule has 0 saturated heterocycles. The van der Waals surface area contributed by atoms with Crippen LogP contribution >= 0.6 is 11.8 Å². The zero-order valence-corrected chi connectivity index (χ0v) is 14.5. The van der Waals surface area contributed by atoms with Crippen LogP contribution in [0.5, 0.6) is 0 Å². The van der Waals surface area contributed by atoms with Gasteiger partial charge < -0.3 is 10.1 Å². The van der Waals surface area contributed by atoms with Crippen molar-refractivity contribution in [2.45, 2.75) is 30.1 Å². The van der Waals surface area contributed by atoms with Gasteiger partial charge in [-0.05, 0) is 38.1 Å². The SMILES string of the molecule is C[C@@H](OC(=O)[C@@H](C)Sc1ccccc1)C(=O)Nc1c(F)cccc1F. The molecule has 0 spiro atoms. The molecule has 1 amide bonds. The van der Waals surface area contributed by atoms with Crippen LogP contribution in [0.4, 0.5) is 14.5 Å². The Kier molecular flexibility index (Phi) is 6.52. The summed E-state index contributed by atoms with van der Waals surface area (Å²) in [6, 6.07) is 12.5. The van der Waals surface area contributed by atoms with Crippen LogP contribution in [0.3, 0.4) is 0 Å². The maximum absolute atomic E-state index is 13.5. The average Bonchev–Trinajstić information content (AvgIpc) is 2.58. The molecule has 2 aromatic carbocycles. The van der Waals surface area contributed by atoms with Crippen molar-refractivity contribution in [3.63, 3.8) is 0 Å². The van der Waals surface area contributed by atoms with Crippen molar-refractivity contribution in [2.24, 2.45) is 0 Å². The molecule has 0 saturated carbocycles. The van der Waals surface area contributed by atoms with Crippen molar-refractivity contribution in [3.05, 3.63) is 60.2 Å². The number of rotatable bonds is 6. The molecule has 2 aromatic rings. The summed E-state index contributed by atoms with van der Waals surface area (Å²) in [6.07, 6.45) is -1.19. The predicted molar refractivity (Wildman–Crippen MR) is 92.3 cm³/mol. The van der Waals surface area contributed by atoms with Crippen LogP contribution in [0.1, 0.15) is 13.8 Å². The Morgan fingerprint density at radius 1 is 1.00 bits per heavy atom. The summed E-state index contributed by atoms with van der Waals surface area (Å²) in [6.45, 7) is 2.99. The lowest BCUT2D eigenvalue weighted by Crippen LogP contribution is -2.33. The number of ether oxygens (including phenoxy) is 1. The van der Waals surface area contributed by atoms with Crippen LogP contribution in [0.2, 0.25) is 0 Å². The average molecular weight is 365 g/mol. The first-order valence-electron chi connectivity index (χ1n) is 7.55. The third kappa shape index (κ3) is 5.29. The lowest BCUT2D eigenvalue weighted by molar-refractivity contribution is -0.152. The van der Waals surface area contributed by atoms with E-state index in [1.807, 2.05) is 30.3 Å². The van der Waals surface area contributed by atoms with Gasteiger partial charge in [0.05, 0.1) is 0 Å². The molecule has 0 heterocycles. The van der Waals surface area contributed by atoms with E-state index in [1.54, 1.807) is 6.92 Å². The predicted octanol–water partition coefficient (Wildman–Crippen LogP) is 4.02. The van der Waals surface area contributed by atoms with Gasteiger partial charge in [0.15, 0.2) is 6.10 Å². The summed E-state index contributed by atoms with van der Waals surface area (Å²) in [5, 5.41) is 1.56. The number of hydrogen-bond acceptors (Lipinski definition) is 4. The smallest absolute Gasteiger partial charge is 0.319 e. The van der Waals surface area contributed by atoms with Gasteiger partial charge in [0.25, 0.3) is 5.91 Å². The zero-order valence-electron chi connectivity index (χ0n) is 13.7. The summed E-state index contributed by atoms with van der Waals surface area (Å²) in [4.78, 5) is 25.0. The first-order chi connectivity index (χ1) is 11.9. The standard InChI is InChI=1S/C18H17F2NO3S/c1-11(17(22)21-16-14(19)9-6-10-15(16)20)24-18(23)12(2)25-13-7-4-3-5-8-13/h3-12H,1-2H3,(H,21,22)/t11-,12-/m1/s1. The zero-order chi connectivity index (χ0) is 18.4. The van der Waals surface area contributed by atoms with Gasteiger partial charge in [-0.25, -0.2) is 8.78 Å². The van der Waals surface area contributed by atoms with Crippen LogP contribution < -0.4 is 5.32 Å². The molecular weight excluding hydrogens is 348 g/mol. The van der Waals surface area contributed by atoms with Crippen molar-refractivity contribution in [1.82, 2.24) is 0 Å². The van der Waals surface area contributed by atoms with Gasteiger partial charge in [-0.3, -0.25) is 9.59 Å². The molecule has 2 atom stereocenters. The fraction of sp³-hybridized carbons (Fsp3) is 0.222. The number of carbonyl (C=O) groups excluding carboxylic acids is 2. The molecule has 2 rings (SSSR count). The van der Waals surface area contributed by atoms with E-state index in [9.17, 15) is 18.4 Å². The Hall–Kier alpha value is -2.41. The van der Waals surface area contributed by atoms with Crippen LogP contribution in [0.25, 0.3) is 0 Å². The summed E-state index contributed by atoms with van der Waals surface area (Å²) < 4.78 is 32.2. The van der Waals surface area contributed by atoms with E-state index >= 15 is 0 Å². The largest absolute Gasteiger partial charge is 0.452 e.